The monoisotopic (exact) mass is 303 g/mol. The summed E-state index contributed by atoms with van der Waals surface area (Å²) in [6.07, 6.45) is 0. The fourth-order valence-corrected chi connectivity index (χ4v) is 2.45. The summed E-state index contributed by atoms with van der Waals surface area (Å²) < 4.78 is 5.30. The highest BCUT2D eigenvalue weighted by Gasteiger charge is 2.33. The molecule has 1 fully saturated rings. The first-order chi connectivity index (χ1) is 10.5. The Morgan fingerprint density at radius 2 is 1.91 bits per heavy atom. The van der Waals surface area contributed by atoms with Crippen LogP contribution in [-0.4, -0.2) is 38.8 Å². The van der Waals surface area contributed by atoms with E-state index in [-0.39, 0.29) is 10.8 Å². The number of ether oxygens (including phenoxy) is 1. The molecular formula is C18H29N3O. The molecule has 1 aromatic rings. The Kier molecular flexibility index (Phi) is 5.46. The van der Waals surface area contributed by atoms with Crippen LogP contribution in [0.25, 0.3) is 0 Å². The second-order valence-electron chi connectivity index (χ2n) is 7.10. The molecule has 1 aliphatic rings. The molecule has 0 aromatic heterocycles. The molecule has 0 unspecified atom stereocenters. The zero-order chi connectivity index (χ0) is 16.1. The largest absolute Gasteiger partial charge is 0.380 e. The van der Waals surface area contributed by atoms with Gasteiger partial charge in [-0.2, -0.15) is 0 Å². The molecule has 1 heterocycles. The SMILES string of the molecule is CCNC(=NCC(C)(C)c1ccccc1)NCC1(C)COC1. The molecule has 0 radical (unpaired) electrons. The Balaban J connectivity index is 1.96. The van der Waals surface area contributed by atoms with Gasteiger partial charge in [-0.25, -0.2) is 0 Å². The van der Waals surface area contributed by atoms with Crippen LogP contribution in [-0.2, 0) is 10.2 Å². The molecule has 2 N–H and O–H groups in total. The number of hydrogen-bond donors (Lipinski definition) is 2. The van der Waals surface area contributed by atoms with Gasteiger partial charge >= 0.3 is 0 Å². The van der Waals surface area contributed by atoms with E-state index < -0.39 is 0 Å². The zero-order valence-electron chi connectivity index (χ0n) is 14.3. The minimum atomic E-state index is 0.0209. The Bertz CT molecular complexity index is 492. The summed E-state index contributed by atoms with van der Waals surface area (Å²) in [6, 6.07) is 10.6. The Labute approximate surface area is 134 Å². The number of hydrogen-bond acceptors (Lipinski definition) is 2. The van der Waals surface area contributed by atoms with Crippen molar-refractivity contribution in [2.24, 2.45) is 10.4 Å². The summed E-state index contributed by atoms with van der Waals surface area (Å²) in [7, 11) is 0. The molecule has 1 saturated heterocycles. The van der Waals surface area contributed by atoms with Crippen molar-refractivity contribution in [3.8, 4) is 0 Å². The van der Waals surface area contributed by atoms with E-state index in [9.17, 15) is 0 Å². The molecule has 4 heteroatoms. The predicted octanol–water partition coefficient (Wildman–Crippen LogP) is 2.56. The fraction of sp³-hybridized carbons (Fsp3) is 0.611. The summed E-state index contributed by atoms with van der Waals surface area (Å²) in [5.74, 6) is 0.889. The van der Waals surface area contributed by atoms with Crippen LogP contribution in [0.2, 0.25) is 0 Å². The molecule has 0 aliphatic carbocycles. The average Bonchev–Trinajstić information content (AvgIpc) is 2.49. The van der Waals surface area contributed by atoms with Gasteiger partial charge in [0.05, 0.1) is 19.8 Å². The standard InChI is InChI=1S/C18H29N3O/c1-5-19-16(21-12-18(4)13-22-14-18)20-11-17(2,3)15-9-7-6-8-10-15/h6-10H,5,11-14H2,1-4H3,(H2,19,20,21). The van der Waals surface area contributed by atoms with Gasteiger partial charge in [0.2, 0.25) is 0 Å². The number of rotatable bonds is 6. The van der Waals surface area contributed by atoms with Crippen LogP contribution in [0, 0.1) is 5.41 Å². The molecule has 1 aromatic carbocycles. The minimum absolute atomic E-state index is 0.0209. The lowest BCUT2D eigenvalue weighted by Gasteiger charge is -2.38. The van der Waals surface area contributed by atoms with Crippen molar-refractivity contribution in [1.29, 1.82) is 0 Å². The van der Waals surface area contributed by atoms with E-state index in [1.165, 1.54) is 5.56 Å². The summed E-state index contributed by atoms with van der Waals surface area (Å²) in [6.45, 7) is 13.0. The fourth-order valence-electron chi connectivity index (χ4n) is 2.45. The average molecular weight is 303 g/mol. The smallest absolute Gasteiger partial charge is 0.191 e. The summed E-state index contributed by atoms with van der Waals surface area (Å²) in [4.78, 5) is 4.78. The Morgan fingerprint density at radius 1 is 1.23 bits per heavy atom. The van der Waals surface area contributed by atoms with E-state index in [0.29, 0.717) is 0 Å². The van der Waals surface area contributed by atoms with E-state index >= 15 is 0 Å². The molecule has 122 valence electrons. The summed E-state index contributed by atoms with van der Waals surface area (Å²) in [5, 5.41) is 6.77. The first-order valence-electron chi connectivity index (χ1n) is 8.11. The molecule has 0 atom stereocenters. The molecule has 4 nitrogen and oxygen atoms in total. The van der Waals surface area contributed by atoms with Crippen molar-refractivity contribution < 1.29 is 4.74 Å². The Morgan fingerprint density at radius 3 is 2.45 bits per heavy atom. The maximum Gasteiger partial charge on any atom is 0.191 e. The molecule has 0 spiro atoms. The molecule has 0 amide bonds. The number of guanidine groups is 1. The van der Waals surface area contributed by atoms with Gasteiger partial charge in [0, 0.05) is 23.9 Å². The number of aliphatic imine (C=N–C) groups is 1. The van der Waals surface area contributed by atoms with Crippen molar-refractivity contribution >= 4 is 5.96 Å². The van der Waals surface area contributed by atoms with Crippen molar-refractivity contribution in [3.63, 3.8) is 0 Å². The molecule has 0 bridgehead atoms. The highest BCUT2D eigenvalue weighted by atomic mass is 16.5. The molecule has 0 saturated carbocycles. The first-order valence-corrected chi connectivity index (χ1v) is 8.11. The van der Waals surface area contributed by atoms with E-state index in [2.05, 4.69) is 68.7 Å². The van der Waals surface area contributed by atoms with Crippen LogP contribution < -0.4 is 10.6 Å². The van der Waals surface area contributed by atoms with Crippen molar-refractivity contribution in [1.82, 2.24) is 10.6 Å². The van der Waals surface area contributed by atoms with Crippen molar-refractivity contribution in [2.45, 2.75) is 33.1 Å². The van der Waals surface area contributed by atoms with Crippen LogP contribution in [0.1, 0.15) is 33.3 Å². The number of benzene rings is 1. The Hall–Kier alpha value is -1.55. The van der Waals surface area contributed by atoms with Crippen molar-refractivity contribution in [3.05, 3.63) is 35.9 Å². The van der Waals surface area contributed by atoms with Gasteiger partial charge in [-0.1, -0.05) is 51.1 Å². The summed E-state index contributed by atoms with van der Waals surface area (Å²) >= 11 is 0. The first kappa shape index (κ1) is 16.8. The van der Waals surface area contributed by atoms with Gasteiger partial charge in [-0.05, 0) is 12.5 Å². The molecular weight excluding hydrogens is 274 g/mol. The summed E-state index contributed by atoms with van der Waals surface area (Å²) in [5.41, 5.74) is 1.58. The third kappa shape index (κ3) is 4.47. The van der Waals surface area contributed by atoms with E-state index in [4.69, 9.17) is 9.73 Å². The zero-order valence-corrected chi connectivity index (χ0v) is 14.3. The normalized spacial score (nSPS) is 17.7. The highest BCUT2D eigenvalue weighted by molar-refractivity contribution is 5.79. The van der Waals surface area contributed by atoms with Crippen LogP contribution in [0.4, 0.5) is 0 Å². The van der Waals surface area contributed by atoms with Gasteiger partial charge < -0.3 is 15.4 Å². The van der Waals surface area contributed by atoms with Gasteiger partial charge in [0.15, 0.2) is 5.96 Å². The second-order valence-corrected chi connectivity index (χ2v) is 7.10. The lowest BCUT2D eigenvalue weighted by molar-refractivity contribution is -0.0971. The third-order valence-electron chi connectivity index (χ3n) is 4.12. The second kappa shape index (κ2) is 7.14. The van der Waals surface area contributed by atoms with E-state index in [1.54, 1.807) is 0 Å². The van der Waals surface area contributed by atoms with Crippen LogP contribution in [0.5, 0.6) is 0 Å². The van der Waals surface area contributed by atoms with Gasteiger partial charge in [-0.15, -0.1) is 0 Å². The lowest BCUT2D eigenvalue weighted by atomic mass is 9.85. The molecule has 22 heavy (non-hydrogen) atoms. The molecule has 2 rings (SSSR count). The highest BCUT2D eigenvalue weighted by Crippen LogP contribution is 2.25. The van der Waals surface area contributed by atoms with Crippen molar-refractivity contribution in [2.75, 3.05) is 32.8 Å². The van der Waals surface area contributed by atoms with Gasteiger partial charge in [0.1, 0.15) is 0 Å². The third-order valence-corrected chi connectivity index (χ3v) is 4.12. The molecule has 1 aliphatic heterocycles. The maximum absolute atomic E-state index is 5.30. The van der Waals surface area contributed by atoms with E-state index in [0.717, 1.165) is 38.8 Å². The van der Waals surface area contributed by atoms with Gasteiger partial charge in [0.25, 0.3) is 0 Å². The maximum atomic E-state index is 5.30. The van der Waals surface area contributed by atoms with E-state index in [1.807, 2.05) is 0 Å². The predicted molar refractivity (Wildman–Crippen MR) is 92.4 cm³/mol. The topological polar surface area (TPSA) is 45.7 Å². The van der Waals surface area contributed by atoms with Crippen LogP contribution in [0.3, 0.4) is 0 Å². The quantitative estimate of drug-likeness (QED) is 0.627. The number of nitrogens with one attached hydrogen (secondary N) is 2. The van der Waals surface area contributed by atoms with Gasteiger partial charge in [-0.3, -0.25) is 4.99 Å². The van der Waals surface area contributed by atoms with Crippen LogP contribution in [0.15, 0.2) is 35.3 Å². The van der Waals surface area contributed by atoms with Crippen LogP contribution >= 0.6 is 0 Å². The minimum Gasteiger partial charge on any atom is -0.380 e. The number of nitrogens with zero attached hydrogens (tertiary/aromatic N) is 1. The lowest BCUT2D eigenvalue weighted by Crippen LogP contribution is -2.51.